The Kier molecular flexibility index (Phi) is 7.14. The summed E-state index contributed by atoms with van der Waals surface area (Å²) < 4.78 is 4.94. The second kappa shape index (κ2) is 8.66. The molecule has 2 N–H and O–H groups in total. The van der Waals surface area contributed by atoms with Crippen LogP contribution in [0.5, 0.6) is 0 Å². The first-order valence-corrected chi connectivity index (χ1v) is 6.72. The number of aliphatic hydroxyl groups is 1. The van der Waals surface area contributed by atoms with E-state index in [0.29, 0.717) is 18.8 Å². The van der Waals surface area contributed by atoms with Crippen molar-refractivity contribution in [1.82, 2.24) is 10.1 Å². The van der Waals surface area contributed by atoms with Crippen LogP contribution < -0.4 is 5.32 Å². The minimum atomic E-state index is -0.120. The monoisotopic (exact) mass is 269 g/mol. The summed E-state index contributed by atoms with van der Waals surface area (Å²) in [5.74, 6) is 0.255. The molecule has 1 aromatic rings. The first kappa shape index (κ1) is 15.7. The zero-order chi connectivity index (χ0) is 14.1. The summed E-state index contributed by atoms with van der Waals surface area (Å²) in [6.45, 7) is 5.94. The number of carbonyl (C=O) groups is 1. The molecule has 0 spiro atoms. The van der Waals surface area contributed by atoms with Gasteiger partial charge in [-0.25, -0.2) is 0 Å². The third-order valence-corrected chi connectivity index (χ3v) is 2.72. The summed E-state index contributed by atoms with van der Waals surface area (Å²) in [6, 6.07) is 1.68. The SMILES string of the molecule is CCCCN(CCCO)CC(=O)Nc1cc(C)no1. The van der Waals surface area contributed by atoms with Gasteiger partial charge in [0.15, 0.2) is 0 Å². The van der Waals surface area contributed by atoms with E-state index in [1.54, 1.807) is 13.0 Å². The van der Waals surface area contributed by atoms with Crippen molar-refractivity contribution in [2.45, 2.75) is 33.1 Å². The molecule has 0 aliphatic heterocycles. The van der Waals surface area contributed by atoms with Crippen molar-refractivity contribution >= 4 is 11.8 Å². The molecule has 1 amide bonds. The van der Waals surface area contributed by atoms with E-state index in [1.807, 2.05) is 4.90 Å². The van der Waals surface area contributed by atoms with Crippen molar-refractivity contribution in [1.29, 1.82) is 0 Å². The van der Waals surface area contributed by atoms with Crippen LogP contribution in [0, 0.1) is 6.92 Å². The van der Waals surface area contributed by atoms with E-state index in [9.17, 15) is 4.79 Å². The van der Waals surface area contributed by atoms with Crippen LogP contribution in [0.25, 0.3) is 0 Å². The van der Waals surface area contributed by atoms with E-state index < -0.39 is 0 Å². The van der Waals surface area contributed by atoms with Gasteiger partial charge >= 0.3 is 0 Å². The van der Waals surface area contributed by atoms with Gasteiger partial charge in [0.1, 0.15) is 0 Å². The van der Waals surface area contributed by atoms with Gasteiger partial charge < -0.3 is 9.63 Å². The Balaban J connectivity index is 2.40. The summed E-state index contributed by atoms with van der Waals surface area (Å²) in [6.07, 6.45) is 2.80. The van der Waals surface area contributed by atoms with Crippen molar-refractivity contribution < 1.29 is 14.4 Å². The molecule has 0 radical (unpaired) electrons. The second-order valence-electron chi connectivity index (χ2n) is 4.59. The zero-order valence-corrected chi connectivity index (χ0v) is 11.7. The van der Waals surface area contributed by atoms with Gasteiger partial charge in [-0.15, -0.1) is 0 Å². The third kappa shape index (κ3) is 6.35. The lowest BCUT2D eigenvalue weighted by Gasteiger charge is -2.20. The van der Waals surface area contributed by atoms with E-state index in [1.165, 1.54) is 0 Å². The van der Waals surface area contributed by atoms with E-state index in [-0.39, 0.29) is 12.5 Å². The van der Waals surface area contributed by atoms with Gasteiger partial charge in [-0.05, 0) is 26.3 Å². The quantitative estimate of drug-likeness (QED) is 0.708. The van der Waals surface area contributed by atoms with Crippen LogP contribution >= 0.6 is 0 Å². The lowest BCUT2D eigenvalue weighted by Crippen LogP contribution is -2.35. The summed E-state index contributed by atoms with van der Waals surface area (Å²) in [4.78, 5) is 13.9. The van der Waals surface area contributed by atoms with E-state index >= 15 is 0 Å². The van der Waals surface area contributed by atoms with Crippen molar-refractivity contribution in [2.75, 3.05) is 31.6 Å². The number of anilines is 1. The van der Waals surface area contributed by atoms with Gasteiger partial charge in [0, 0.05) is 19.2 Å². The highest BCUT2D eigenvalue weighted by molar-refractivity contribution is 5.90. The molecule has 0 fully saturated rings. The molecule has 19 heavy (non-hydrogen) atoms. The zero-order valence-electron chi connectivity index (χ0n) is 11.7. The molecular formula is C13H23N3O3. The Morgan fingerprint density at radius 1 is 1.47 bits per heavy atom. The number of amides is 1. The molecule has 0 aliphatic rings. The predicted molar refractivity (Wildman–Crippen MR) is 72.9 cm³/mol. The van der Waals surface area contributed by atoms with Crippen LogP contribution in [-0.2, 0) is 4.79 Å². The average Bonchev–Trinajstić information content (AvgIpc) is 2.78. The molecule has 0 saturated carbocycles. The molecule has 1 rings (SSSR count). The lowest BCUT2D eigenvalue weighted by molar-refractivity contribution is -0.117. The molecular weight excluding hydrogens is 246 g/mol. The first-order chi connectivity index (χ1) is 9.15. The molecule has 0 saturated heterocycles. The number of rotatable bonds is 9. The Labute approximate surface area is 113 Å². The number of unbranched alkanes of at least 4 members (excludes halogenated alkanes) is 1. The Morgan fingerprint density at radius 3 is 2.79 bits per heavy atom. The number of hydrogen-bond acceptors (Lipinski definition) is 5. The fraction of sp³-hybridized carbons (Fsp3) is 0.692. The van der Waals surface area contributed by atoms with Crippen LogP contribution in [0.3, 0.4) is 0 Å². The largest absolute Gasteiger partial charge is 0.396 e. The number of hydrogen-bond donors (Lipinski definition) is 2. The molecule has 6 nitrogen and oxygen atoms in total. The van der Waals surface area contributed by atoms with Crippen LogP contribution in [0.2, 0.25) is 0 Å². The van der Waals surface area contributed by atoms with Gasteiger partial charge in [0.05, 0.1) is 12.2 Å². The minimum Gasteiger partial charge on any atom is -0.396 e. The number of carbonyl (C=O) groups excluding carboxylic acids is 1. The van der Waals surface area contributed by atoms with Crippen LogP contribution in [0.15, 0.2) is 10.6 Å². The number of aromatic nitrogens is 1. The van der Waals surface area contributed by atoms with Crippen LogP contribution in [0.4, 0.5) is 5.88 Å². The predicted octanol–water partition coefficient (Wildman–Crippen LogP) is 1.41. The van der Waals surface area contributed by atoms with Gasteiger partial charge in [-0.1, -0.05) is 18.5 Å². The molecule has 1 aromatic heterocycles. The summed E-state index contributed by atoms with van der Waals surface area (Å²) >= 11 is 0. The van der Waals surface area contributed by atoms with Crippen molar-refractivity contribution in [3.63, 3.8) is 0 Å². The molecule has 0 atom stereocenters. The average molecular weight is 269 g/mol. The second-order valence-corrected chi connectivity index (χ2v) is 4.59. The van der Waals surface area contributed by atoms with Gasteiger partial charge in [0.2, 0.25) is 11.8 Å². The van der Waals surface area contributed by atoms with E-state index in [0.717, 1.165) is 31.6 Å². The number of aryl methyl sites for hydroxylation is 1. The molecule has 0 unspecified atom stereocenters. The summed E-state index contributed by atoms with van der Waals surface area (Å²) in [7, 11) is 0. The third-order valence-electron chi connectivity index (χ3n) is 2.72. The standard InChI is InChI=1S/C13H23N3O3/c1-3-4-6-16(7-5-8-17)10-12(18)14-13-9-11(2)15-19-13/h9,17H,3-8,10H2,1-2H3,(H,14,18). The molecule has 1 heterocycles. The smallest absolute Gasteiger partial charge is 0.240 e. The molecule has 6 heteroatoms. The summed E-state index contributed by atoms with van der Waals surface area (Å²) in [5.41, 5.74) is 0.735. The molecule has 0 aliphatic carbocycles. The van der Waals surface area contributed by atoms with Crippen LogP contribution in [-0.4, -0.2) is 47.3 Å². The van der Waals surface area contributed by atoms with Gasteiger partial charge in [-0.3, -0.25) is 15.0 Å². The molecule has 108 valence electrons. The normalized spacial score (nSPS) is 10.9. The first-order valence-electron chi connectivity index (χ1n) is 6.72. The Bertz CT molecular complexity index is 371. The highest BCUT2D eigenvalue weighted by Gasteiger charge is 2.12. The highest BCUT2D eigenvalue weighted by Crippen LogP contribution is 2.08. The maximum Gasteiger partial charge on any atom is 0.240 e. The Morgan fingerprint density at radius 2 is 2.21 bits per heavy atom. The fourth-order valence-electron chi connectivity index (χ4n) is 1.75. The van der Waals surface area contributed by atoms with E-state index in [4.69, 9.17) is 9.63 Å². The van der Waals surface area contributed by atoms with Crippen molar-refractivity contribution in [2.24, 2.45) is 0 Å². The van der Waals surface area contributed by atoms with Gasteiger partial charge in [0.25, 0.3) is 0 Å². The molecule has 0 aromatic carbocycles. The van der Waals surface area contributed by atoms with Crippen molar-refractivity contribution in [3.05, 3.63) is 11.8 Å². The number of aliphatic hydroxyl groups excluding tert-OH is 1. The number of nitrogens with one attached hydrogen (secondary N) is 1. The van der Waals surface area contributed by atoms with Crippen LogP contribution in [0.1, 0.15) is 31.9 Å². The maximum absolute atomic E-state index is 11.9. The van der Waals surface area contributed by atoms with E-state index in [2.05, 4.69) is 17.4 Å². The fourth-order valence-corrected chi connectivity index (χ4v) is 1.75. The molecule has 0 bridgehead atoms. The van der Waals surface area contributed by atoms with Gasteiger partial charge in [-0.2, -0.15) is 0 Å². The number of nitrogens with zero attached hydrogens (tertiary/aromatic N) is 2. The summed E-state index contributed by atoms with van der Waals surface area (Å²) in [5, 5.41) is 15.2. The Hall–Kier alpha value is -1.40. The topological polar surface area (TPSA) is 78.6 Å². The van der Waals surface area contributed by atoms with Crippen molar-refractivity contribution in [3.8, 4) is 0 Å². The maximum atomic E-state index is 11.9. The highest BCUT2D eigenvalue weighted by atomic mass is 16.5. The lowest BCUT2D eigenvalue weighted by atomic mass is 10.3. The minimum absolute atomic E-state index is 0.120.